The van der Waals surface area contributed by atoms with Crippen LogP contribution < -0.4 is 5.32 Å². The molecule has 6 nitrogen and oxygen atoms in total. The topological polar surface area (TPSA) is 72.9 Å². The van der Waals surface area contributed by atoms with Gasteiger partial charge in [0.05, 0.1) is 11.5 Å². The smallest absolute Gasteiger partial charge is 0.320 e. The number of fused-ring (bicyclic) bond motifs is 4. The molecule has 2 atom stereocenters. The number of piperazine rings is 1. The molecule has 0 aromatic rings. The lowest BCUT2D eigenvalue weighted by molar-refractivity contribution is -0.158. The van der Waals surface area contributed by atoms with Crippen molar-refractivity contribution in [3.63, 3.8) is 0 Å². The van der Waals surface area contributed by atoms with Crippen LogP contribution in [-0.2, 0) is 4.79 Å². The van der Waals surface area contributed by atoms with Gasteiger partial charge in [-0.15, -0.1) is 0 Å². The van der Waals surface area contributed by atoms with E-state index in [9.17, 15) is 14.7 Å². The SMILES string of the molecule is O=C1N2CCNCC2CN1[C@@H]1CC2(C(=O)O)CCC1CC2. The third-order valence-corrected chi connectivity index (χ3v) is 6.23. The summed E-state index contributed by atoms with van der Waals surface area (Å²) in [6.45, 7) is 3.27. The van der Waals surface area contributed by atoms with Gasteiger partial charge in [-0.1, -0.05) is 0 Å². The van der Waals surface area contributed by atoms with E-state index < -0.39 is 11.4 Å². The number of carbonyl (C=O) groups is 2. The average molecular weight is 293 g/mol. The standard InChI is InChI=1S/C15H23N3O3/c19-13(20)15-3-1-10(2-4-15)12(7-15)18-9-11-8-16-5-6-17(11)14(18)21/h10-12,16H,1-9H2,(H,19,20)/t10?,11?,12-,15?/m1/s1. The Morgan fingerprint density at radius 1 is 1.29 bits per heavy atom. The molecule has 5 aliphatic rings. The summed E-state index contributed by atoms with van der Waals surface area (Å²) in [6, 6.07) is 0.550. The first-order valence-corrected chi connectivity index (χ1v) is 8.12. The number of hydrogen-bond acceptors (Lipinski definition) is 3. The van der Waals surface area contributed by atoms with E-state index in [2.05, 4.69) is 5.32 Å². The number of nitrogens with one attached hydrogen (secondary N) is 1. The summed E-state index contributed by atoms with van der Waals surface area (Å²) in [7, 11) is 0. The first kappa shape index (κ1) is 13.4. The summed E-state index contributed by atoms with van der Waals surface area (Å²) in [5, 5.41) is 13.0. The Balaban J connectivity index is 1.57. The average Bonchev–Trinajstić information content (AvgIpc) is 2.86. The molecule has 2 aliphatic heterocycles. The van der Waals surface area contributed by atoms with Gasteiger partial charge in [-0.3, -0.25) is 4.79 Å². The highest BCUT2D eigenvalue weighted by Crippen LogP contribution is 2.52. The lowest BCUT2D eigenvalue weighted by Crippen LogP contribution is -2.55. The highest BCUT2D eigenvalue weighted by Gasteiger charge is 2.54. The fraction of sp³-hybridized carbons (Fsp3) is 0.867. The summed E-state index contributed by atoms with van der Waals surface area (Å²) in [6.07, 6.45) is 4.17. The first-order chi connectivity index (χ1) is 10.1. The van der Waals surface area contributed by atoms with Crippen molar-refractivity contribution in [2.24, 2.45) is 11.3 Å². The fourth-order valence-electron chi connectivity index (χ4n) is 4.94. The zero-order valence-electron chi connectivity index (χ0n) is 12.3. The number of carboxylic acid groups (broad SMARTS) is 1. The summed E-state index contributed by atoms with van der Waals surface area (Å²) in [5.74, 6) is -0.152. The molecule has 2 amide bonds. The number of rotatable bonds is 2. The minimum Gasteiger partial charge on any atom is -0.481 e. The zero-order valence-corrected chi connectivity index (χ0v) is 12.3. The maximum Gasteiger partial charge on any atom is 0.320 e. The van der Waals surface area contributed by atoms with Gasteiger partial charge in [-0.25, -0.2) is 4.79 Å². The lowest BCUT2D eigenvalue weighted by atomic mass is 9.58. The number of aliphatic carboxylic acids is 1. The predicted molar refractivity (Wildman–Crippen MR) is 75.9 cm³/mol. The van der Waals surface area contributed by atoms with Crippen LogP contribution in [-0.4, -0.2) is 65.2 Å². The number of amides is 2. The van der Waals surface area contributed by atoms with Crippen LogP contribution in [0.2, 0.25) is 0 Å². The van der Waals surface area contributed by atoms with Gasteiger partial charge in [0.1, 0.15) is 0 Å². The number of hydrogen-bond donors (Lipinski definition) is 2. The second-order valence-corrected chi connectivity index (χ2v) is 7.18. The largest absolute Gasteiger partial charge is 0.481 e. The molecule has 3 aliphatic carbocycles. The molecule has 2 heterocycles. The Hall–Kier alpha value is -1.30. The van der Waals surface area contributed by atoms with E-state index >= 15 is 0 Å². The van der Waals surface area contributed by atoms with Crippen LogP contribution in [0.1, 0.15) is 32.1 Å². The summed E-state index contributed by atoms with van der Waals surface area (Å²) in [4.78, 5) is 28.3. The molecule has 3 saturated carbocycles. The monoisotopic (exact) mass is 293 g/mol. The molecule has 1 unspecified atom stereocenters. The van der Waals surface area contributed by atoms with Crippen molar-refractivity contribution in [3.05, 3.63) is 0 Å². The highest BCUT2D eigenvalue weighted by molar-refractivity contribution is 5.79. The number of carboxylic acids is 1. The molecular weight excluding hydrogens is 270 g/mol. The maximum absolute atomic E-state index is 12.7. The summed E-state index contributed by atoms with van der Waals surface area (Å²) < 4.78 is 0. The minimum atomic E-state index is -0.656. The molecule has 2 N–H and O–H groups in total. The highest BCUT2D eigenvalue weighted by atomic mass is 16.4. The second kappa shape index (κ2) is 4.60. The van der Waals surface area contributed by atoms with Crippen LogP contribution in [0, 0.1) is 11.3 Å². The van der Waals surface area contributed by atoms with Gasteiger partial charge in [0.15, 0.2) is 0 Å². The molecular formula is C15H23N3O3. The molecule has 6 heteroatoms. The second-order valence-electron chi connectivity index (χ2n) is 7.18. The lowest BCUT2D eigenvalue weighted by Gasteiger charge is -2.50. The number of nitrogens with zero attached hydrogens (tertiary/aromatic N) is 2. The summed E-state index contributed by atoms with van der Waals surface area (Å²) in [5.41, 5.74) is -0.568. The minimum absolute atomic E-state index is 0.139. The van der Waals surface area contributed by atoms with E-state index in [1.807, 2.05) is 9.80 Å². The van der Waals surface area contributed by atoms with Gasteiger partial charge in [0, 0.05) is 32.2 Å². The Kier molecular flexibility index (Phi) is 2.93. The van der Waals surface area contributed by atoms with Crippen LogP contribution in [0.4, 0.5) is 4.79 Å². The van der Waals surface area contributed by atoms with Crippen molar-refractivity contribution in [3.8, 4) is 0 Å². The predicted octanol–water partition coefficient (Wildman–Crippen LogP) is 0.729. The normalized spacial score (nSPS) is 42.3. The van der Waals surface area contributed by atoms with Crippen molar-refractivity contribution in [2.75, 3.05) is 26.2 Å². The van der Waals surface area contributed by atoms with Gasteiger partial charge >= 0.3 is 12.0 Å². The molecule has 21 heavy (non-hydrogen) atoms. The molecule has 116 valence electrons. The van der Waals surface area contributed by atoms with Crippen LogP contribution in [0.3, 0.4) is 0 Å². The Morgan fingerprint density at radius 3 is 2.71 bits per heavy atom. The van der Waals surface area contributed by atoms with Crippen LogP contribution in [0.5, 0.6) is 0 Å². The van der Waals surface area contributed by atoms with Gasteiger partial charge in [0.25, 0.3) is 0 Å². The molecule has 0 radical (unpaired) electrons. The number of urea groups is 1. The molecule has 5 fully saturated rings. The first-order valence-electron chi connectivity index (χ1n) is 8.12. The van der Waals surface area contributed by atoms with Crippen molar-refractivity contribution < 1.29 is 14.7 Å². The molecule has 2 bridgehead atoms. The quantitative estimate of drug-likeness (QED) is 0.787. The molecule has 0 aromatic heterocycles. The van der Waals surface area contributed by atoms with E-state index in [1.54, 1.807) is 0 Å². The van der Waals surface area contributed by atoms with E-state index in [0.717, 1.165) is 51.9 Å². The Morgan fingerprint density at radius 2 is 2.05 bits per heavy atom. The van der Waals surface area contributed by atoms with Gasteiger partial charge < -0.3 is 20.2 Å². The Labute approximate surface area is 124 Å². The molecule has 0 spiro atoms. The number of carbonyl (C=O) groups excluding carboxylic acids is 1. The molecule has 2 saturated heterocycles. The fourth-order valence-corrected chi connectivity index (χ4v) is 4.94. The van der Waals surface area contributed by atoms with Crippen molar-refractivity contribution in [1.29, 1.82) is 0 Å². The van der Waals surface area contributed by atoms with E-state index in [4.69, 9.17) is 0 Å². The third kappa shape index (κ3) is 1.88. The molecule has 0 aromatic carbocycles. The van der Waals surface area contributed by atoms with E-state index in [-0.39, 0.29) is 18.1 Å². The van der Waals surface area contributed by atoms with Gasteiger partial charge in [-0.2, -0.15) is 0 Å². The van der Waals surface area contributed by atoms with Crippen LogP contribution in [0.25, 0.3) is 0 Å². The van der Waals surface area contributed by atoms with Gasteiger partial charge in [0.2, 0.25) is 0 Å². The van der Waals surface area contributed by atoms with Crippen LogP contribution >= 0.6 is 0 Å². The van der Waals surface area contributed by atoms with Crippen molar-refractivity contribution in [1.82, 2.24) is 15.1 Å². The zero-order chi connectivity index (χ0) is 14.6. The molecule has 5 rings (SSSR count). The maximum atomic E-state index is 12.7. The van der Waals surface area contributed by atoms with Crippen molar-refractivity contribution >= 4 is 12.0 Å². The van der Waals surface area contributed by atoms with Crippen LogP contribution in [0.15, 0.2) is 0 Å². The Bertz CT molecular complexity index is 473. The summed E-state index contributed by atoms with van der Waals surface area (Å²) >= 11 is 0. The van der Waals surface area contributed by atoms with E-state index in [1.165, 1.54) is 0 Å². The van der Waals surface area contributed by atoms with E-state index in [0.29, 0.717) is 12.3 Å². The third-order valence-electron chi connectivity index (χ3n) is 6.23. The van der Waals surface area contributed by atoms with Gasteiger partial charge in [-0.05, 0) is 38.0 Å². The van der Waals surface area contributed by atoms with Crippen molar-refractivity contribution in [2.45, 2.75) is 44.2 Å².